The van der Waals surface area contributed by atoms with E-state index in [9.17, 15) is 4.79 Å². The van der Waals surface area contributed by atoms with Gasteiger partial charge in [0.2, 0.25) is 0 Å². The fraction of sp³-hybridized carbons (Fsp3) is 0.300. The van der Waals surface area contributed by atoms with E-state index in [2.05, 4.69) is 16.4 Å². The molecule has 1 N–H and O–H groups in total. The van der Waals surface area contributed by atoms with Gasteiger partial charge in [0, 0.05) is 6.54 Å². The Balaban J connectivity index is 2.17. The predicted molar refractivity (Wildman–Crippen MR) is 65.4 cm³/mol. The van der Waals surface area contributed by atoms with E-state index in [-0.39, 0.29) is 5.97 Å². The molecule has 82 valence electrons. The van der Waals surface area contributed by atoms with E-state index in [1.807, 2.05) is 30.3 Å². The van der Waals surface area contributed by atoms with Gasteiger partial charge in [0.15, 0.2) is 0 Å². The largest absolute Gasteiger partial charge is 0.461 e. The number of nitrogens with one attached hydrogen (secondary N) is 1. The van der Waals surface area contributed by atoms with E-state index in [4.69, 9.17) is 4.74 Å². The fourth-order valence-electron chi connectivity index (χ4n) is 1.01. The summed E-state index contributed by atoms with van der Waals surface area (Å²) in [5, 5.41) is 0. The topological polar surface area (TPSA) is 38.3 Å². The Morgan fingerprint density at radius 2 is 2.13 bits per heavy atom. The van der Waals surface area contributed by atoms with Crippen LogP contribution in [0.4, 0.5) is 0 Å². The third kappa shape index (κ3) is 5.71. The molecule has 0 spiro atoms. The third-order valence-electron chi connectivity index (χ3n) is 1.74. The Morgan fingerprint density at radius 1 is 1.40 bits per heavy atom. The molecule has 3 nitrogen and oxygen atoms in total. The molecule has 0 unspecified atom stereocenters. The number of rotatable bonds is 6. The molecule has 0 amide bonds. The van der Waals surface area contributed by atoms with Crippen molar-refractivity contribution in [2.45, 2.75) is 13.0 Å². The number of hydrogen-bond donors (Lipinski definition) is 2. The first-order chi connectivity index (χ1) is 7.33. The van der Waals surface area contributed by atoms with Crippen molar-refractivity contribution in [1.29, 1.82) is 0 Å². The maximum Gasteiger partial charge on any atom is 0.307 e. The molecule has 0 saturated carbocycles. The van der Waals surface area contributed by atoms with Crippen molar-refractivity contribution in [3.63, 3.8) is 0 Å². The molecule has 0 heterocycles. The van der Waals surface area contributed by atoms with Crippen LogP contribution in [0.15, 0.2) is 30.3 Å². The van der Waals surface area contributed by atoms with Crippen molar-refractivity contribution in [1.82, 2.24) is 4.72 Å². The Bertz CT molecular complexity index is 293. The Kier molecular flexibility index (Phi) is 6.31. The maximum absolute atomic E-state index is 11.2. The number of thiol groups is 1. The van der Waals surface area contributed by atoms with Gasteiger partial charge in [-0.1, -0.05) is 42.0 Å². The van der Waals surface area contributed by atoms with Crippen LogP contribution in [-0.2, 0) is 16.1 Å². The second kappa shape index (κ2) is 7.62. The van der Waals surface area contributed by atoms with E-state index >= 15 is 0 Å². The van der Waals surface area contributed by atoms with Gasteiger partial charge in [0.1, 0.15) is 6.61 Å². The van der Waals surface area contributed by atoms with Crippen LogP contribution in [0.5, 0.6) is 0 Å². The van der Waals surface area contributed by atoms with Crippen molar-refractivity contribution in [2.24, 2.45) is 0 Å². The molecule has 0 saturated heterocycles. The number of hydrogen-bond acceptors (Lipinski definition) is 5. The summed E-state index contributed by atoms with van der Waals surface area (Å²) >= 11 is 3.89. The number of ether oxygens (including phenoxy) is 1. The second-order valence-electron chi connectivity index (χ2n) is 2.88. The van der Waals surface area contributed by atoms with Gasteiger partial charge in [-0.15, -0.1) is 0 Å². The van der Waals surface area contributed by atoms with Crippen LogP contribution in [0.25, 0.3) is 0 Å². The average Bonchev–Trinajstić information content (AvgIpc) is 2.28. The smallest absolute Gasteiger partial charge is 0.307 e. The van der Waals surface area contributed by atoms with E-state index in [0.29, 0.717) is 19.6 Å². The summed E-state index contributed by atoms with van der Waals surface area (Å²) in [5.74, 6) is -0.200. The molecule has 0 aromatic heterocycles. The molecule has 0 aliphatic rings. The molecule has 0 fully saturated rings. The van der Waals surface area contributed by atoms with E-state index < -0.39 is 0 Å². The standard InChI is InChI=1S/C10H13NO2S2/c12-10(6-7-11-15-14)13-8-9-4-2-1-3-5-9/h1-5,11,14H,6-8H2. The minimum Gasteiger partial charge on any atom is -0.461 e. The number of benzene rings is 1. The maximum atomic E-state index is 11.2. The van der Waals surface area contributed by atoms with Crippen LogP contribution in [0, 0.1) is 0 Å². The molecule has 5 heteroatoms. The number of carbonyl (C=O) groups excluding carboxylic acids is 1. The summed E-state index contributed by atoms with van der Waals surface area (Å²) in [6.45, 7) is 0.912. The Hall–Kier alpha value is -0.650. The van der Waals surface area contributed by atoms with Gasteiger partial charge in [0.05, 0.1) is 6.42 Å². The SMILES string of the molecule is O=C(CCNSS)OCc1ccccc1. The lowest BCUT2D eigenvalue weighted by Gasteiger charge is -2.04. The van der Waals surface area contributed by atoms with Crippen molar-refractivity contribution < 1.29 is 9.53 Å². The predicted octanol–water partition coefficient (Wildman–Crippen LogP) is 2.20. The van der Waals surface area contributed by atoms with Crippen molar-refractivity contribution >= 4 is 28.6 Å². The zero-order valence-corrected chi connectivity index (χ0v) is 9.89. The fourth-order valence-corrected chi connectivity index (χ4v) is 1.48. The van der Waals surface area contributed by atoms with Gasteiger partial charge >= 0.3 is 5.97 Å². The van der Waals surface area contributed by atoms with E-state index in [1.54, 1.807) is 0 Å². The molecule has 1 aromatic carbocycles. The summed E-state index contributed by atoms with van der Waals surface area (Å²) in [6.07, 6.45) is 0.362. The molecule has 15 heavy (non-hydrogen) atoms. The molecule has 0 bridgehead atoms. The lowest BCUT2D eigenvalue weighted by atomic mass is 10.2. The van der Waals surface area contributed by atoms with Gasteiger partial charge < -0.3 is 4.74 Å². The molecular formula is C10H13NO2S2. The lowest BCUT2D eigenvalue weighted by molar-refractivity contribution is -0.144. The Morgan fingerprint density at radius 3 is 2.80 bits per heavy atom. The van der Waals surface area contributed by atoms with Crippen molar-refractivity contribution in [3.8, 4) is 0 Å². The monoisotopic (exact) mass is 243 g/mol. The first-order valence-electron chi connectivity index (χ1n) is 4.55. The molecule has 0 radical (unpaired) electrons. The van der Waals surface area contributed by atoms with Gasteiger partial charge in [-0.05, 0) is 16.5 Å². The van der Waals surface area contributed by atoms with Crippen LogP contribution in [0.3, 0.4) is 0 Å². The van der Waals surface area contributed by atoms with E-state index in [0.717, 1.165) is 5.56 Å². The molecule has 1 aromatic rings. The zero-order valence-electron chi connectivity index (χ0n) is 8.18. The summed E-state index contributed by atoms with van der Waals surface area (Å²) in [7, 11) is 1.19. The molecule has 0 aliphatic carbocycles. The number of carbonyl (C=O) groups is 1. The van der Waals surface area contributed by atoms with Crippen LogP contribution < -0.4 is 4.72 Å². The summed E-state index contributed by atoms with van der Waals surface area (Å²) < 4.78 is 7.92. The summed E-state index contributed by atoms with van der Waals surface area (Å²) in [6, 6.07) is 9.62. The summed E-state index contributed by atoms with van der Waals surface area (Å²) in [4.78, 5) is 11.2. The average molecular weight is 243 g/mol. The molecule has 0 atom stereocenters. The molecule has 0 aliphatic heterocycles. The minimum absolute atomic E-state index is 0.200. The van der Waals surface area contributed by atoms with Gasteiger partial charge in [-0.2, -0.15) is 0 Å². The van der Waals surface area contributed by atoms with Crippen LogP contribution in [0.1, 0.15) is 12.0 Å². The zero-order chi connectivity index (χ0) is 10.9. The molecular weight excluding hydrogens is 230 g/mol. The third-order valence-corrected chi connectivity index (χ3v) is 2.46. The highest BCUT2D eigenvalue weighted by molar-refractivity contribution is 8.67. The highest BCUT2D eigenvalue weighted by atomic mass is 33.1. The lowest BCUT2D eigenvalue weighted by Crippen LogP contribution is -2.12. The second-order valence-corrected chi connectivity index (χ2v) is 3.90. The van der Waals surface area contributed by atoms with Crippen molar-refractivity contribution in [2.75, 3.05) is 6.54 Å². The summed E-state index contributed by atoms with van der Waals surface area (Å²) in [5.41, 5.74) is 1.00. The van der Waals surface area contributed by atoms with Crippen LogP contribution in [0.2, 0.25) is 0 Å². The van der Waals surface area contributed by atoms with E-state index in [1.165, 1.54) is 11.0 Å². The Labute approximate surface area is 98.5 Å². The van der Waals surface area contributed by atoms with Crippen LogP contribution >= 0.6 is 22.6 Å². The van der Waals surface area contributed by atoms with Gasteiger partial charge in [-0.25, -0.2) is 0 Å². The molecule has 1 rings (SSSR count). The normalized spacial score (nSPS) is 9.93. The highest BCUT2D eigenvalue weighted by Crippen LogP contribution is 2.02. The first-order valence-corrected chi connectivity index (χ1v) is 6.42. The van der Waals surface area contributed by atoms with Gasteiger partial charge in [0.25, 0.3) is 0 Å². The number of esters is 1. The minimum atomic E-state index is -0.200. The van der Waals surface area contributed by atoms with Gasteiger partial charge in [-0.3, -0.25) is 9.52 Å². The highest BCUT2D eigenvalue weighted by Gasteiger charge is 2.02. The first kappa shape index (κ1) is 12.4. The quantitative estimate of drug-likeness (QED) is 0.264. The van der Waals surface area contributed by atoms with Crippen molar-refractivity contribution in [3.05, 3.63) is 35.9 Å². The van der Waals surface area contributed by atoms with Crippen LogP contribution in [-0.4, -0.2) is 12.5 Å².